The first kappa shape index (κ1) is 15.1. The normalized spacial score (nSPS) is 27.5. The zero-order valence-electron chi connectivity index (χ0n) is 13.0. The van der Waals surface area contributed by atoms with Gasteiger partial charge in [0.05, 0.1) is 12.0 Å². The summed E-state index contributed by atoms with van der Waals surface area (Å²) in [5, 5.41) is 9.06. The van der Waals surface area contributed by atoms with Crippen LogP contribution in [0.25, 0.3) is 0 Å². The number of carboxylic acids is 1. The van der Waals surface area contributed by atoms with E-state index in [-0.39, 0.29) is 11.5 Å². The van der Waals surface area contributed by atoms with Crippen LogP contribution >= 0.6 is 0 Å². The first-order valence-electron chi connectivity index (χ1n) is 8.19. The van der Waals surface area contributed by atoms with Crippen molar-refractivity contribution in [2.24, 2.45) is 5.92 Å². The number of hydrogen-bond donors (Lipinski definition) is 1. The van der Waals surface area contributed by atoms with Crippen molar-refractivity contribution in [2.45, 2.75) is 57.5 Å². The molecule has 0 spiro atoms. The summed E-state index contributed by atoms with van der Waals surface area (Å²) in [6.45, 7) is 2.14. The molecule has 3 rings (SSSR count). The van der Waals surface area contributed by atoms with Crippen molar-refractivity contribution >= 4 is 11.9 Å². The highest BCUT2D eigenvalue weighted by Gasteiger charge is 2.42. The summed E-state index contributed by atoms with van der Waals surface area (Å²) >= 11 is 0. The van der Waals surface area contributed by atoms with Crippen molar-refractivity contribution < 1.29 is 14.7 Å². The molecule has 3 unspecified atom stereocenters. The zero-order chi connectivity index (χ0) is 15.7. The molecule has 4 nitrogen and oxygen atoms in total. The van der Waals surface area contributed by atoms with Crippen molar-refractivity contribution in [3.63, 3.8) is 0 Å². The van der Waals surface area contributed by atoms with Gasteiger partial charge in [0.25, 0.3) is 0 Å². The van der Waals surface area contributed by atoms with Crippen LogP contribution in [0.5, 0.6) is 0 Å². The van der Waals surface area contributed by atoms with Crippen molar-refractivity contribution in [2.75, 3.05) is 0 Å². The number of aromatic carboxylic acids is 1. The Kier molecular flexibility index (Phi) is 4.19. The maximum Gasteiger partial charge on any atom is 0.335 e. The fourth-order valence-corrected chi connectivity index (χ4v) is 4.22. The Morgan fingerprint density at radius 1 is 1.27 bits per heavy atom. The van der Waals surface area contributed by atoms with Gasteiger partial charge in [-0.15, -0.1) is 0 Å². The molecule has 1 saturated heterocycles. The van der Waals surface area contributed by atoms with E-state index in [4.69, 9.17) is 5.11 Å². The standard InChI is InChI=1S/C18H23NO3/c1-12-9-14-6-2-3-8-16(14)19(12)17(20)11-13-5-4-7-15(10-13)18(21)22/h4-5,7,10,12,14,16H,2-3,6,8-9,11H2,1H3,(H,21,22). The molecule has 22 heavy (non-hydrogen) atoms. The van der Waals surface area contributed by atoms with Crippen molar-refractivity contribution in [3.05, 3.63) is 35.4 Å². The van der Waals surface area contributed by atoms with E-state index in [2.05, 4.69) is 11.8 Å². The highest BCUT2D eigenvalue weighted by Crippen LogP contribution is 2.39. The molecule has 0 bridgehead atoms. The van der Waals surface area contributed by atoms with E-state index in [0.717, 1.165) is 18.4 Å². The summed E-state index contributed by atoms with van der Waals surface area (Å²) in [5.74, 6) is -0.140. The van der Waals surface area contributed by atoms with E-state index in [0.29, 0.717) is 24.4 Å². The quantitative estimate of drug-likeness (QED) is 0.933. The molecule has 4 heteroatoms. The summed E-state index contributed by atoms with van der Waals surface area (Å²) < 4.78 is 0. The number of carbonyl (C=O) groups is 2. The largest absolute Gasteiger partial charge is 0.478 e. The van der Waals surface area contributed by atoms with Crippen molar-refractivity contribution in [1.29, 1.82) is 0 Å². The Balaban J connectivity index is 1.73. The van der Waals surface area contributed by atoms with Crippen molar-refractivity contribution in [1.82, 2.24) is 4.90 Å². The molecule has 1 heterocycles. The molecule has 0 radical (unpaired) electrons. The molecule has 0 aromatic heterocycles. The Morgan fingerprint density at radius 3 is 2.82 bits per heavy atom. The molecule has 3 atom stereocenters. The van der Waals surface area contributed by atoms with Crippen LogP contribution in [0.3, 0.4) is 0 Å². The fraction of sp³-hybridized carbons (Fsp3) is 0.556. The van der Waals surface area contributed by atoms with E-state index in [1.807, 2.05) is 6.07 Å². The number of fused-ring (bicyclic) bond motifs is 1. The summed E-state index contributed by atoms with van der Waals surface area (Å²) in [5.41, 5.74) is 1.03. The van der Waals surface area contributed by atoms with E-state index in [9.17, 15) is 9.59 Å². The number of carboxylic acid groups (broad SMARTS) is 1. The van der Waals surface area contributed by atoms with Gasteiger partial charge >= 0.3 is 5.97 Å². The lowest BCUT2D eigenvalue weighted by Gasteiger charge is -2.33. The lowest BCUT2D eigenvalue weighted by molar-refractivity contribution is -0.133. The van der Waals surface area contributed by atoms with Crippen LogP contribution in [0.2, 0.25) is 0 Å². The van der Waals surface area contributed by atoms with Gasteiger partial charge < -0.3 is 10.0 Å². The van der Waals surface area contributed by atoms with Crippen molar-refractivity contribution in [3.8, 4) is 0 Å². The molecular formula is C18H23NO3. The van der Waals surface area contributed by atoms with Crippen LogP contribution in [0.1, 0.15) is 54.9 Å². The molecule has 1 aromatic carbocycles. The first-order chi connectivity index (χ1) is 10.6. The monoisotopic (exact) mass is 301 g/mol. The van der Waals surface area contributed by atoms with Gasteiger partial charge in [-0.1, -0.05) is 25.0 Å². The summed E-state index contributed by atoms with van der Waals surface area (Å²) in [6.07, 6.45) is 6.28. The number of hydrogen-bond acceptors (Lipinski definition) is 2. The zero-order valence-corrected chi connectivity index (χ0v) is 13.0. The minimum absolute atomic E-state index is 0.143. The summed E-state index contributed by atoms with van der Waals surface area (Å²) in [6, 6.07) is 7.43. The van der Waals surface area contributed by atoms with Crippen LogP contribution in [0.4, 0.5) is 0 Å². The molecule has 118 valence electrons. The molecule has 2 aliphatic rings. The molecule has 1 N–H and O–H groups in total. The van der Waals surface area contributed by atoms with Gasteiger partial charge in [-0.25, -0.2) is 4.79 Å². The minimum atomic E-state index is -0.948. The average Bonchev–Trinajstić information content (AvgIpc) is 2.83. The first-order valence-corrected chi connectivity index (χ1v) is 8.19. The molecule has 1 aliphatic heterocycles. The van der Waals surface area contributed by atoms with Gasteiger partial charge in [-0.3, -0.25) is 4.79 Å². The summed E-state index contributed by atoms with van der Waals surface area (Å²) in [7, 11) is 0. The van der Waals surface area contributed by atoms with Crippen LogP contribution in [0.15, 0.2) is 24.3 Å². The average molecular weight is 301 g/mol. The highest BCUT2D eigenvalue weighted by atomic mass is 16.4. The Hall–Kier alpha value is -1.84. The Labute approximate surface area is 131 Å². The number of likely N-dealkylation sites (tertiary alicyclic amines) is 1. The smallest absolute Gasteiger partial charge is 0.335 e. The lowest BCUT2D eigenvalue weighted by Crippen LogP contribution is -2.43. The third-order valence-corrected chi connectivity index (χ3v) is 5.16. The fourth-order valence-electron chi connectivity index (χ4n) is 4.22. The third kappa shape index (κ3) is 2.87. The highest BCUT2D eigenvalue weighted by molar-refractivity contribution is 5.88. The van der Waals surface area contributed by atoms with Gasteiger partial charge in [-0.05, 0) is 49.8 Å². The molecule has 2 fully saturated rings. The number of amides is 1. The molecule has 1 amide bonds. The molecule has 1 saturated carbocycles. The van der Waals surface area contributed by atoms with Crippen LogP contribution in [-0.2, 0) is 11.2 Å². The number of nitrogens with zero attached hydrogens (tertiary/aromatic N) is 1. The van der Waals surface area contributed by atoms with Crippen LogP contribution in [-0.4, -0.2) is 34.0 Å². The number of benzene rings is 1. The van der Waals surface area contributed by atoms with E-state index in [1.54, 1.807) is 18.2 Å². The Morgan fingerprint density at radius 2 is 2.05 bits per heavy atom. The summed E-state index contributed by atoms with van der Waals surface area (Å²) in [4.78, 5) is 25.9. The van der Waals surface area contributed by atoms with Crippen LogP contribution < -0.4 is 0 Å². The maximum atomic E-state index is 12.7. The predicted octanol–water partition coefficient (Wildman–Crippen LogP) is 3.11. The van der Waals surface area contributed by atoms with Gasteiger partial charge in [0.1, 0.15) is 0 Å². The topological polar surface area (TPSA) is 57.6 Å². The van der Waals surface area contributed by atoms with Crippen LogP contribution in [0, 0.1) is 5.92 Å². The second kappa shape index (κ2) is 6.11. The van der Waals surface area contributed by atoms with E-state index < -0.39 is 5.97 Å². The second-order valence-electron chi connectivity index (χ2n) is 6.68. The SMILES string of the molecule is CC1CC2CCCCC2N1C(=O)Cc1cccc(C(=O)O)c1. The number of carbonyl (C=O) groups excluding carboxylic acids is 1. The molecular weight excluding hydrogens is 278 g/mol. The molecule has 1 aliphatic carbocycles. The van der Waals surface area contributed by atoms with Gasteiger partial charge in [0.2, 0.25) is 5.91 Å². The molecule has 1 aromatic rings. The second-order valence-corrected chi connectivity index (χ2v) is 6.68. The third-order valence-electron chi connectivity index (χ3n) is 5.16. The maximum absolute atomic E-state index is 12.7. The van der Waals surface area contributed by atoms with Gasteiger partial charge in [-0.2, -0.15) is 0 Å². The van der Waals surface area contributed by atoms with E-state index in [1.165, 1.54) is 19.3 Å². The van der Waals surface area contributed by atoms with Gasteiger partial charge in [0, 0.05) is 12.1 Å². The van der Waals surface area contributed by atoms with Gasteiger partial charge in [0.15, 0.2) is 0 Å². The Bertz CT molecular complexity index is 583. The van der Waals surface area contributed by atoms with E-state index >= 15 is 0 Å². The lowest BCUT2D eigenvalue weighted by atomic mass is 9.85. The minimum Gasteiger partial charge on any atom is -0.478 e. The number of rotatable bonds is 3. The predicted molar refractivity (Wildman–Crippen MR) is 83.8 cm³/mol.